The van der Waals surface area contributed by atoms with Gasteiger partial charge in [0.1, 0.15) is 5.75 Å². The lowest BCUT2D eigenvalue weighted by Crippen LogP contribution is -1.96. The maximum absolute atomic E-state index is 5.20. The Morgan fingerprint density at radius 3 is 2.75 bits per heavy atom. The smallest absolute Gasteiger partial charge is 0.247 e. The van der Waals surface area contributed by atoms with Crippen molar-refractivity contribution < 1.29 is 4.74 Å². The minimum atomic E-state index is 0.587. The highest BCUT2D eigenvalue weighted by Crippen LogP contribution is 2.23. The first-order valence-corrected chi connectivity index (χ1v) is 6.40. The van der Waals surface area contributed by atoms with E-state index >= 15 is 0 Å². The van der Waals surface area contributed by atoms with Gasteiger partial charge in [-0.25, -0.2) is 4.52 Å². The first kappa shape index (κ1) is 12.5. The normalized spacial score (nSPS) is 10.8. The van der Waals surface area contributed by atoms with E-state index in [-0.39, 0.29) is 0 Å². The first-order valence-electron chi connectivity index (χ1n) is 6.40. The predicted octanol–water partition coefficient (Wildman–Crippen LogP) is 3.10. The van der Waals surface area contributed by atoms with Crippen LogP contribution in [-0.2, 0) is 0 Å². The molecular formula is C15H16N4O. The average Bonchev–Trinajstić information content (AvgIpc) is 2.82. The van der Waals surface area contributed by atoms with Gasteiger partial charge in [0.25, 0.3) is 0 Å². The van der Waals surface area contributed by atoms with Gasteiger partial charge in [-0.05, 0) is 49.2 Å². The third kappa shape index (κ3) is 2.30. The minimum Gasteiger partial charge on any atom is -0.497 e. The summed E-state index contributed by atoms with van der Waals surface area (Å²) in [7, 11) is 1.66. The molecule has 0 atom stereocenters. The van der Waals surface area contributed by atoms with Gasteiger partial charge < -0.3 is 10.1 Å². The van der Waals surface area contributed by atoms with E-state index in [1.54, 1.807) is 11.6 Å². The fourth-order valence-electron chi connectivity index (χ4n) is 2.06. The average molecular weight is 268 g/mol. The van der Waals surface area contributed by atoms with Crippen LogP contribution in [0.1, 0.15) is 11.1 Å². The van der Waals surface area contributed by atoms with Crippen molar-refractivity contribution in [3.8, 4) is 5.75 Å². The van der Waals surface area contributed by atoms with Gasteiger partial charge in [-0.3, -0.25) is 0 Å². The van der Waals surface area contributed by atoms with Crippen LogP contribution in [0, 0.1) is 13.8 Å². The molecule has 2 heterocycles. The molecule has 0 radical (unpaired) electrons. The Bertz CT molecular complexity index is 764. The number of hydrogen-bond acceptors (Lipinski definition) is 4. The molecule has 0 aliphatic rings. The lowest BCUT2D eigenvalue weighted by Gasteiger charge is -2.07. The second-order valence-corrected chi connectivity index (χ2v) is 4.75. The molecule has 0 aliphatic carbocycles. The number of aromatic nitrogens is 3. The molecule has 102 valence electrons. The third-order valence-corrected chi connectivity index (χ3v) is 3.16. The van der Waals surface area contributed by atoms with Crippen LogP contribution in [0.5, 0.6) is 5.75 Å². The highest BCUT2D eigenvalue weighted by Gasteiger charge is 2.06. The van der Waals surface area contributed by atoms with Crippen LogP contribution >= 0.6 is 0 Å². The third-order valence-electron chi connectivity index (χ3n) is 3.16. The van der Waals surface area contributed by atoms with Crippen LogP contribution in [0.2, 0.25) is 0 Å². The van der Waals surface area contributed by atoms with Crippen molar-refractivity contribution in [2.24, 2.45) is 0 Å². The molecule has 5 heteroatoms. The molecule has 0 bridgehead atoms. The number of rotatable bonds is 3. The lowest BCUT2D eigenvalue weighted by molar-refractivity contribution is 0.414. The van der Waals surface area contributed by atoms with E-state index in [9.17, 15) is 0 Å². The molecule has 1 aromatic carbocycles. The largest absolute Gasteiger partial charge is 0.497 e. The zero-order valence-corrected chi connectivity index (χ0v) is 11.7. The number of aryl methyl sites for hydroxylation is 2. The van der Waals surface area contributed by atoms with E-state index < -0.39 is 0 Å². The predicted molar refractivity (Wildman–Crippen MR) is 78.7 cm³/mol. The zero-order chi connectivity index (χ0) is 14.1. The SMILES string of the molecule is COc1ccc(Nc2nc3ccc(C)cn3n2)c(C)c1. The van der Waals surface area contributed by atoms with Crippen LogP contribution in [0.25, 0.3) is 5.65 Å². The number of hydrogen-bond donors (Lipinski definition) is 1. The molecule has 3 rings (SSSR count). The van der Waals surface area contributed by atoms with E-state index in [4.69, 9.17) is 4.74 Å². The van der Waals surface area contributed by atoms with Crippen molar-refractivity contribution in [3.05, 3.63) is 47.7 Å². The van der Waals surface area contributed by atoms with Crippen LogP contribution < -0.4 is 10.1 Å². The second-order valence-electron chi connectivity index (χ2n) is 4.75. The topological polar surface area (TPSA) is 51.5 Å². The quantitative estimate of drug-likeness (QED) is 0.793. The molecule has 0 saturated heterocycles. The summed E-state index contributed by atoms with van der Waals surface area (Å²) in [5.74, 6) is 1.43. The molecule has 0 unspecified atom stereocenters. The first-order chi connectivity index (χ1) is 9.65. The van der Waals surface area contributed by atoms with Crippen molar-refractivity contribution in [3.63, 3.8) is 0 Å². The van der Waals surface area contributed by atoms with Gasteiger partial charge >= 0.3 is 0 Å². The summed E-state index contributed by atoms with van der Waals surface area (Å²) in [6, 6.07) is 9.82. The standard InChI is InChI=1S/C15H16N4O/c1-10-4-7-14-17-15(18-19(14)9-10)16-13-6-5-12(20-3)8-11(13)2/h4-9H,1-3H3,(H,16,18). The molecule has 0 saturated carbocycles. The fraction of sp³-hybridized carbons (Fsp3) is 0.200. The number of nitrogens with zero attached hydrogens (tertiary/aromatic N) is 3. The molecule has 5 nitrogen and oxygen atoms in total. The van der Waals surface area contributed by atoms with Gasteiger partial charge in [-0.2, -0.15) is 4.98 Å². The van der Waals surface area contributed by atoms with E-state index in [1.807, 2.05) is 50.4 Å². The van der Waals surface area contributed by atoms with Gasteiger partial charge in [0.05, 0.1) is 7.11 Å². The number of ether oxygens (including phenoxy) is 1. The Hall–Kier alpha value is -2.56. The molecule has 0 spiro atoms. The lowest BCUT2D eigenvalue weighted by atomic mass is 10.2. The maximum Gasteiger partial charge on any atom is 0.247 e. The number of benzene rings is 1. The highest BCUT2D eigenvalue weighted by atomic mass is 16.5. The zero-order valence-electron chi connectivity index (χ0n) is 11.7. The van der Waals surface area contributed by atoms with Crippen LogP contribution in [0.4, 0.5) is 11.6 Å². The van der Waals surface area contributed by atoms with Crippen molar-refractivity contribution in [2.75, 3.05) is 12.4 Å². The number of pyridine rings is 1. The highest BCUT2D eigenvalue weighted by molar-refractivity contribution is 5.61. The van der Waals surface area contributed by atoms with E-state index in [0.717, 1.165) is 28.2 Å². The summed E-state index contributed by atoms with van der Waals surface area (Å²) >= 11 is 0. The molecule has 0 fully saturated rings. The number of anilines is 2. The Balaban J connectivity index is 1.92. The number of fused-ring (bicyclic) bond motifs is 1. The van der Waals surface area contributed by atoms with E-state index in [1.165, 1.54) is 0 Å². The van der Waals surface area contributed by atoms with Gasteiger partial charge in [0.2, 0.25) is 5.95 Å². The van der Waals surface area contributed by atoms with Crippen molar-refractivity contribution in [1.82, 2.24) is 14.6 Å². The summed E-state index contributed by atoms with van der Waals surface area (Å²) in [5, 5.41) is 7.65. The van der Waals surface area contributed by atoms with Gasteiger partial charge in [-0.15, -0.1) is 5.10 Å². The van der Waals surface area contributed by atoms with Crippen LogP contribution in [0.15, 0.2) is 36.5 Å². The van der Waals surface area contributed by atoms with Gasteiger partial charge in [0.15, 0.2) is 5.65 Å². The maximum atomic E-state index is 5.20. The van der Waals surface area contributed by atoms with Crippen LogP contribution in [0.3, 0.4) is 0 Å². The van der Waals surface area contributed by atoms with Gasteiger partial charge in [0, 0.05) is 11.9 Å². The van der Waals surface area contributed by atoms with E-state index in [0.29, 0.717) is 5.95 Å². The molecule has 20 heavy (non-hydrogen) atoms. The summed E-state index contributed by atoms with van der Waals surface area (Å²) in [4.78, 5) is 4.44. The molecule has 1 N–H and O–H groups in total. The Morgan fingerprint density at radius 2 is 2.00 bits per heavy atom. The molecule has 3 aromatic rings. The summed E-state index contributed by atoms with van der Waals surface area (Å²) in [6.07, 6.45) is 1.95. The summed E-state index contributed by atoms with van der Waals surface area (Å²) in [6.45, 7) is 4.05. The number of methoxy groups -OCH3 is 1. The monoisotopic (exact) mass is 268 g/mol. The molecule has 0 amide bonds. The van der Waals surface area contributed by atoms with Crippen molar-refractivity contribution in [2.45, 2.75) is 13.8 Å². The Morgan fingerprint density at radius 1 is 1.15 bits per heavy atom. The van der Waals surface area contributed by atoms with Crippen LogP contribution in [-0.4, -0.2) is 21.7 Å². The molecule has 0 aliphatic heterocycles. The minimum absolute atomic E-state index is 0.587. The fourth-order valence-corrected chi connectivity index (χ4v) is 2.06. The Labute approximate surface area is 117 Å². The molecule has 2 aromatic heterocycles. The second kappa shape index (κ2) is 4.85. The van der Waals surface area contributed by atoms with Crippen molar-refractivity contribution >= 4 is 17.3 Å². The number of nitrogens with one attached hydrogen (secondary N) is 1. The Kier molecular flexibility index (Phi) is 3.02. The van der Waals surface area contributed by atoms with Crippen molar-refractivity contribution in [1.29, 1.82) is 0 Å². The van der Waals surface area contributed by atoms with Gasteiger partial charge in [-0.1, -0.05) is 6.07 Å². The summed E-state index contributed by atoms with van der Waals surface area (Å²) in [5.41, 5.74) is 4.02. The van der Waals surface area contributed by atoms with E-state index in [2.05, 4.69) is 15.4 Å². The molecular weight excluding hydrogens is 252 g/mol. The summed E-state index contributed by atoms with van der Waals surface area (Å²) < 4.78 is 6.97.